The number of methoxy groups -OCH3 is 1. The van der Waals surface area contributed by atoms with Crippen LogP contribution in [0.5, 0.6) is 5.75 Å². The van der Waals surface area contributed by atoms with Crippen molar-refractivity contribution in [2.75, 3.05) is 7.11 Å². The molecule has 1 unspecified atom stereocenters. The average molecular weight is 319 g/mol. The molecule has 1 heterocycles. The van der Waals surface area contributed by atoms with E-state index < -0.39 is 0 Å². The second-order valence-electron chi connectivity index (χ2n) is 5.34. The maximum absolute atomic E-state index is 12.4. The van der Waals surface area contributed by atoms with Gasteiger partial charge in [-0.25, -0.2) is 4.98 Å². The van der Waals surface area contributed by atoms with Crippen molar-refractivity contribution < 1.29 is 9.53 Å². The summed E-state index contributed by atoms with van der Waals surface area (Å²) in [6.07, 6.45) is 1.52. The Labute approximate surface area is 135 Å². The van der Waals surface area contributed by atoms with Gasteiger partial charge in [0.05, 0.1) is 13.2 Å². The molecule has 0 radical (unpaired) electrons. The number of carbonyl (C=O) groups excluding carboxylic acids is 1. The highest BCUT2D eigenvalue weighted by Crippen LogP contribution is 2.24. The van der Waals surface area contributed by atoms with Gasteiger partial charge >= 0.3 is 0 Å². The van der Waals surface area contributed by atoms with E-state index in [0.717, 1.165) is 11.3 Å². The molecule has 2 aromatic rings. The summed E-state index contributed by atoms with van der Waals surface area (Å²) in [4.78, 5) is 16.3. The summed E-state index contributed by atoms with van der Waals surface area (Å²) in [5.41, 5.74) is 1.53. The number of nitrogens with one attached hydrogen (secondary N) is 1. The first kappa shape index (κ1) is 16.3. The summed E-state index contributed by atoms with van der Waals surface area (Å²) in [6.45, 7) is 4.13. The summed E-state index contributed by atoms with van der Waals surface area (Å²) >= 11 is 5.83. The van der Waals surface area contributed by atoms with Crippen molar-refractivity contribution in [3.05, 3.63) is 58.9 Å². The molecule has 0 fully saturated rings. The lowest BCUT2D eigenvalue weighted by atomic mass is 9.95. The van der Waals surface area contributed by atoms with Crippen molar-refractivity contribution in [2.24, 2.45) is 5.92 Å². The van der Waals surface area contributed by atoms with Gasteiger partial charge in [0.25, 0.3) is 5.91 Å². The molecule has 0 saturated carbocycles. The van der Waals surface area contributed by atoms with Gasteiger partial charge in [-0.3, -0.25) is 4.79 Å². The molecule has 1 N–H and O–H groups in total. The van der Waals surface area contributed by atoms with Gasteiger partial charge in [0, 0.05) is 11.8 Å². The van der Waals surface area contributed by atoms with Crippen LogP contribution >= 0.6 is 11.6 Å². The summed E-state index contributed by atoms with van der Waals surface area (Å²) in [6, 6.07) is 10.8. The van der Waals surface area contributed by atoms with Crippen LogP contribution in [0, 0.1) is 5.92 Å². The summed E-state index contributed by atoms with van der Waals surface area (Å²) in [5, 5.41) is 3.35. The second kappa shape index (κ2) is 7.27. The van der Waals surface area contributed by atoms with Gasteiger partial charge < -0.3 is 10.1 Å². The number of hydrogen-bond acceptors (Lipinski definition) is 3. The van der Waals surface area contributed by atoms with Crippen LogP contribution in [0.4, 0.5) is 0 Å². The van der Waals surface area contributed by atoms with Crippen molar-refractivity contribution in [2.45, 2.75) is 19.9 Å². The number of amides is 1. The largest absolute Gasteiger partial charge is 0.497 e. The molecule has 0 aliphatic rings. The average Bonchev–Trinajstić information content (AvgIpc) is 2.52. The third-order valence-corrected chi connectivity index (χ3v) is 3.62. The van der Waals surface area contributed by atoms with Gasteiger partial charge in [0.2, 0.25) is 0 Å². The molecule has 1 amide bonds. The lowest BCUT2D eigenvalue weighted by Crippen LogP contribution is -2.31. The van der Waals surface area contributed by atoms with E-state index in [0.29, 0.717) is 10.7 Å². The standard InChI is InChI=1S/C17H19ClN2O2/c1-11(2)16(12-4-6-14(22-3)7-5-12)20-17(21)13-8-9-19-15(18)10-13/h4-11,16H,1-3H3,(H,20,21). The zero-order valence-electron chi connectivity index (χ0n) is 12.8. The fraction of sp³-hybridized carbons (Fsp3) is 0.294. The van der Waals surface area contributed by atoms with E-state index in [-0.39, 0.29) is 17.9 Å². The number of rotatable bonds is 5. The van der Waals surface area contributed by atoms with Gasteiger partial charge in [-0.15, -0.1) is 0 Å². The van der Waals surface area contributed by atoms with Gasteiger partial charge in [-0.2, -0.15) is 0 Å². The van der Waals surface area contributed by atoms with Crippen molar-refractivity contribution in [3.63, 3.8) is 0 Å². The van der Waals surface area contributed by atoms with E-state index in [1.165, 1.54) is 6.20 Å². The quantitative estimate of drug-likeness (QED) is 0.851. The zero-order chi connectivity index (χ0) is 16.1. The maximum atomic E-state index is 12.4. The maximum Gasteiger partial charge on any atom is 0.251 e. The topological polar surface area (TPSA) is 51.2 Å². The zero-order valence-corrected chi connectivity index (χ0v) is 13.6. The Kier molecular flexibility index (Phi) is 5.39. The van der Waals surface area contributed by atoms with E-state index in [1.54, 1.807) is 19.2 Å². The second-order valence-corrected chi connectivity index (χ2v) is 5.72. The first-order valence-electron chi connectivity index (χ1n) is 7.07. The lowest BCUT2D eigenvalue weighted by Gasteiger charge is -2.23. The molecule has 0 saturated heterocycles. The molecule has 0 bridgehead atoms. The van der Waals surface area contributed by atoms with Crippen molar-refractivity contribution in [1.82, 2.24) is 10.3 Å². The van der Waals surface area contributed by atoms with E-state index in [4.69, 9.17) is 16.3 Å². The monoisotopic (exact) mass is 318 g/mol. The third kappa shape index (κ3) is 3.98. The van der Waals surface area contributed by atoms with Gasteiger partial charge in [0.1, 0.15) is 10.9 Å². The van der Waals surface area contributed by atoms with Gasteiger partial charge in [-0.1, -0.05) is 37.6 Å². The van der Waals surface area contributed by atoms with E-state index in [9.17, 15) is 4.79 Å². The predicted octanol–water partition coefficient (Wildman–Crippen LogP) is 3.87. The SMILES string of the molecule is COc1ccc(C(NC(=O)c2ccnc(Cl)c2)C(C)C)cc1. The van der Waals surface area contributed by atoms with E-state index in [1.807, 2.05) is 24.3 Å². The number of hydrogen-bond donors (Lipinski definition) is 1. The smallest absolute Gasteiger partial charge is 0.251 e. The first-order valence-corrected chi connectivity index (χ1v) is 7.45. The first-order chi connectivity index (χ1) is 10.5. The van der Waals surface area contributed by atoms with Crippen LogP contribution in [-0.4, -0.2) is 18.0 Å². The molecule has 0 aliphatic carbocycles. The lowest BCUT2D eigenvalue weighted by molar-refractivity contribution is 0.0925. The molecule has 1 atom stereocenters. The highest BCUT2D eigenvalue weighted by molar-refractivity contribution is 6.29. The number of benzene rings is 1. The van der Waals surface area contributed by atoms with E-state index >= 15 is 0 Å². The molecule has 116 valence electrons. The van der Waals surface area contributed by atoms with Crippen LogP contribution in [0.2, 0.25) is 5.15 Å². The molecule has 0 spiro atoms. The summed E-state index contributed by atoms with van der Waals surface area (Å²) in [7, 11) is 1.63. The van der Waals surface area contributed by atoms with Crippen LogP contribution in [0.3, 0.4) is 0 Å². The van der Waals surface area contributed by atoms with Crippen molar-refractivity contribution >= 4 is 17.5 Å². The molecule has 2 rings (SSSR count). The van der Waals surface area contributed by atoms with Crippen LogP contribution in [0.25, 0.3) is 0 Å². The Hall–Kier alpha value is -2.07. The predicted molar refractivity (Wildman–Crippen MR) is 87.3 cm³/mol. The minimum atomic E-state index is -0.168. The fourth-order valence-corrected chi connectivity index (χ4v) is 2.39. The summed E-state index contributed by atoms with van der Waals surface area (Å²) < 4.78 is 5.16. The third-order valence-electron chi connectivity index (χ3n) is 3.42. The van der Waals surface area contributed by atoms with Crippen molar-refractivity contribution in [1.29, 1.82) is 0 Å². The molecule has 1 aromatic carbocycles. The van der Waals surface area contributed by atoms with Crippen LogP contribution in [-0.2, 0) is 0 Å². The van der Waals surface area contributed by atoms with Gasteiger partial charge in [0.15, 0.2) is 0 Å². The van der Waals surface area contributed by atoms with Crippen molar-refractivity contribution in [3.8, 4) is 5.75 Å². The van der Waals surface area contributed by atoms with Crippen LogP contribution in [0.1, 0.15) is 35.8 Å². The van der Waals surface area contributed by atoms with Crippen LogP contribution < -0.4 is 10.1 Å². The molecule has 22 heavy (non-hydrogen) atoms. The Bertz CT molecular complexity index is 641. The molecular formula is C17H19ClN2O2. The Morgan fingerprint density at radius 1 is 1.23 bits per heavy atom. The highest BCUT2D eigenvalue weighted by Gasteiger charge is 2.19. The number of carbonyl (C=O) groups is 1. The highest BCUT2D eigenvalue weighted by atomic mass is 35.5. The molecule has 0 aliphatic heterocycles. The molecular weight excluding hydrogens is 300 g/mol. The number of nitrogens with zero attached hydrogens (tertiary/aromatic N) is 1. The number of aromatic nitrogens is 1. The minimum absolute atomic E-state index is 0.0923. The number of pyridine rings is 1. The Morgan fingerprint density at radius 3 is 2.45 bits per heavy atom. The Morgan fingerprint density at radius 2 is 1.91 bits per heavy atom. The minimum Gasteiger partial charge on any atom is -0.497 e. The molecule has 5 heteroatoms. The normalized spacial score (nSPS) is 12.0. The number of halogens is 1. The van der Waals surface area contributed by atoms with Gasteiger partial charge in [-0.05, 0) is 35.7 Å². The number of ether oxygens (including phenoxy) is 1. The fourth-order valence-electron chi connectivity index (χ4n) is 2.21. The Balaban J connectivity index is 2.19. The molecule has 4 nitrogen and oxygen atoms in total. The van der Waals surface area contributed by atoms with Crippen LogP contribution in [0.15, 0.2) is 42.6 Å². The van der Waals surface area contributed by atoms with E-state index in [2.05, 4.69) is 24.1 Å². The summed E-state index contributed by atoms with van der Waals surface area (Å²) in [5.74, 6) is 0.868. The molecule has 1 aromatic heterocycles.